The van der Waals surface area contributed by atoms with Gasteiger partial charge in [0.15, 0.2) is 5.82 Å². The molecule has 1 heterocycles. The number of nitrogens with one attached hydrogen (secondary N) is 1. The van der Waals surface area contributed by atoms with Gasteiger partial charge in [0, 0.05) is 37.2 Å². The van der Waals surface area contributed by atoms with Crippen molar-refractivity contribution in [2.24, 2.45) is 0 Å². The topological polar surface area (TPSA) is 47.0 Å². The Hall–Kier alpha value is -1.78. The Kier molecular flexibility index (Phi) is 4.58. The summed E-state index contributed by atoms with van der Waals surface area (Å²) in [6.45, 7) is 3.47. The third kappa shape index (κ3) is 3.86. The monoisotopic (exact) mass is 283 g/mol. The lowest BCUT2D eigenvalue weighted by atomic mass is 10.1. The third-order valence-electron chi connectivity index (χ3n) is 3.57. The van der Waals surface area contributed by atoms with Crippen LogP contribution in [0.2, 0.25) is 0 Å². The van der Waals surface area contributed by atoms with Crippen LogP contribution in [-0.4, -0.2) is 22.6 Å². The Balaban J connectivity index is 1.72. The highest BCUT2D eigenvalue weighted by molar-refractivity contribution is 5.23. The molecule has 110 valence electrons. The second-order valence-corrected chi connectivity index (χ2v) is 5.35. The molecule has 1 atom stereocenters. The van der Waals surface area contributed by atoms with E-state index in [-0.39, 0.29) is 6.10 Å². The molecule has 0 bridgehead atoms. The van der Waals surface area contributed by atoms with Crippen molar-refractivity contribution < 1.29 is 4.74 Å². The molecule has 1 N–H and O–H groups in total. The Labute approximate surface area is 125 Å². The molecule has 1 aromatic heterocycles. The van der Waals surface area contributed by atoms with Crippen LogP contribution in [0.3, 0.4) is 0 Å². The van der Waals surface area contributed by atoms with E-state index in [4.69, 9.17) is 4.74 Å². The molecular weight excluding hydrogens is 262 g/mol. The molecule has 1 saturated carbocycles. The van der Waals surface area contributed by atoms with E-state index < -0.39 is 0 Å². The summed E-state index contributed by atoms with van der Waals surface area (Å²) in [5, 5.41) is 3.47. The smallest absolute Gasteiger partial charge is 0.161 e. The van der Waals surface area contributed by atoms with E-state index in [0.29, 0.717) is 12.6 Å². The number of rotatable bonds is 7. The van der Waals surface area contributed by atoms with Crippen LogP contribution >= 0.6 is 0 Å². The number of hydrogen-bond donors (Lipinski definition) is 1. The van der Waals surface area contributed by atoms with Crippen LogP contribution in [0.15, 0.2) is 42.7 Å². The number of benzene rings is 1. The molecule has 1 unspecified atom stereocenters. The number of aromatic nitrogens is 2. The molecule has 0 amide bonds. The molecule has 0 saturated heterocycles. The van der Waals surface area contributed by atoms with Gasteiger partial charge in [-0.25, -0.2) is 9.97 Å². The highest BCUT2D eigenvalue weighted by atomic mass is 16.5. The van der Waals surface area contributed by atoms with Gasteiger partial charge >= 0.3 is 0 Å². The molecule has 1 aliphatic carbocycles. The minimum absolute atomic E-state index is 0.193. The minimum Gasteiger partial charge on any atom is -0.366 e. The van der Waals surface area contributed by atoms with E-state index in [1.54, 1.807) is 0 Å². The SMILES string of the molecule is CCOC(c1ccccc1)c1ncc(CNC2CC2)cn1. The number of ether oxygens (including phenoxy) is 1. The molecule has 1 aromatic carbocycles. The zero-order valence-electron chi connectivity index (χ0n) is 12.3. The van der Waals surface area contributed by atoms with Gasteiger partial charge < -0.3 is 10.1 Å². The van der Waals surface area contributed by atoms with Gasteiger partial charge in [-0.3, -0.25) is 0 Å². The summed E-state index contributed by atoms with van der Waals surface area (Å²) in [7, 11) is 0. The molecule has 4 nitrogen and oxygen atoms in total. The highest BCUT2D eigenvalue weighted by Crippen LogP contribution is 2.23. The van der Waals surface area contributed by atoms with Crippen LogP contribution in [0.25, 0.3) is 0 Å². The summed E-state index contributed by atoms with van der Waals surface area (Å²) < 4.78 is 5.82. The van der Waals surface area contributed by atoms with E-state index in [9.17, 15) is 0 Å². The van der Waals surface area contributed by atoms with E-state index in [1.165, 1.54) is 12.8 Å². The summed E-state index contributed by atoms with van der Waals surface area (Å²) in [5.74, 6) is 0.721. The van der Waals surface area contributed by atoms with Gasteiger partial charge in [-0.1, -0.05) is 30.3 Å². The predicted octanol–water partition coefficient (Wildman–Crippen LogP) is 2.85. The van der Waals surface area contributed by atoms with Crippen molar-refractivity contribution in [3.05, 3.63) is 59.7 Å². The normalized spacial score (nSPS) is 15.9. The fraction of sp³-hybridized carbons (Fsp3) is 0.412. The Bertz CT molecular complexity index is 552. The van der Waals surface area contributed by atoms with Crippen molar-refractivity contribution in [2.45, 2.75) is 38.5 Å². The predicted molar refractivity (Wildman–Crippen MR) is 81.8 cm³/mol. The summed E-state index contributed by atoms with van der Waals surface area (Å²) in [4.78, 5) is 8.99. The lowest BCUT2D eigenvalue weighted by Crippen LogP contribution is -2.16. The van der Waals surface area contributed by atoms with Crippen LogP contribution in [-0.2, 0) is 11.3 Å². The maximum Gasteiger partial charge on any atom is 0.161 e. The van der Waals surface area contributed by atoms with Gasteiger partial charge in [0.2, 0.25) is 0 Å². The molecule has 21 heavy (non-hydrogen) atoms. The van der Waals surface area contributed by atoms with Crippen LogP contribution in [0.1, 0.15) is 42.8 Å². The standard InChI is InChI=1S/C17H21N3O/c1-2-21-16(14-6-4-3-5-7-14)17-19-11-13(12-20-17)10-18-15-8-9-15/h3-7,11-12,15-16,18H,2,8-10H2,1H3. The second-order valence-electron chi connectivity index (χ2n) is 5.35. The van der Waals surface area contributed by atoms with Crippen LogP contribution in [0.4, 0.5) is 0 Å². The maximum absolute atomic E-state index is 5.82. The molecule has 0 aliphatic heterocycles. The third-order valence-corrected chi connectivity index (χ3v) is 3.57. The Morgan fingerprint density at radius 1 is 1.19 bits per heavy atom. The molecule has 1 fully saturated rings. The Morgan fingerprint density at radius 3 is 2.52 bits per heavy atom. The molecule has 0 spiro atoms. The van der Waals surface area contributed by atoms with E-state index in [0.717, 1.165) is 23.5 Å². The average molecular weight is 283 g/mol. The fourth-order valence-corrected chi connectivity index (χ4v) is 2.26. The molecule has 0 radical (unpaired) electrons. The first-order valence-electron chi connectivity index (χ1n) is 7.57. The number of nitrogens with zero attached hydrogens (tertiary/aromatic N) is 2. The van der Waals surface area contributed by atoms with Gasteiger partial charge in [-0.05, 0) is 25.3 Å². The zero-order valence-corrected chi connectivity index (χ0v) is 12.3. The lowest BCUT2D eigenvalue weighted by molar-refractivity contribution is 0.0850. The van der Waals surface area contributed by atoms with Gasteiger partial charge in [-0.15, -0.1) is 0 Å². The molecule has 2 aromatic rings. The molecular formula is C17H21N3O. The Morgan fingerprint density at radius 2 is 1.90 bits per heavy atom. The molecule has 3 rings (SSSR count). The zero-order chi connectivity index (χ0) is 14.5. The summed E-state index contributed by atoms with van der Waals surface area (Å²) in [6, 6.07) is 10.8. The van der Waals surface area contributed by atoms with Crippen molar-refractivity contribution in [1.82, 2.24) is 15.3 Å². The largest absolute Gasteiger partial charge is 0.366 e. The second kappa shape index (κ2) is 6.78. The highest BCUT2D eigenvalue weighted by Gasteiger charge is 2.20. The van der Waals surface area contributed by atoms with Gasteiger partial charge in [0.25, 0.3) is 0 Å². The first kappa shape index (κ1) is 14.2. The molecule has 1 aliphatic rings. The van der Waals surface area contributed by atoms with Crippen LogP contribution in [0.5, 0.6) is 0 Å². The van der Waals surface area contributed by atoms with Gasteiger partial charge in [0.05, 0.1) is 0 Å². The van der Waals surface area contributed by atoms with E-state index >= 15 is 0 Å². The fourth-order valence-electron chi connectivity index (χ4n) is 2.26. The van der Waals surface area contributed by atoms with Gasteiger partial charge in [-0.2, -0.15) is 0 Å². The van der Waals surface area contributed by atoms with Crippen molar-refractivity contribution >= 4 is 0 Å². The van der Waals surface area contributed by atoms with Crippen molar-refractivity contribution in [1.29, 1.82) is 0 Å². The summed E-state index contributed by atoms with van der Waals surface area (Å²) >= 11 is 0. The summed E-state index contributed by atoms with van der Waals surface area (Å²) in [5.41, 5.74) is 2.21. The van der Waals surface area contributed by atoms with Crippen molar-refractivity contribution in [2.75, 3.05) is 6.61 Å². The van der Waals surface area contributed by atoms with Gasteiger partial charge in [0.1, 0.15) is 6.10 Å². The molecule has 4 heteroatoms. The quantitative estimate of drug-likeness (QED) is 0.849. The van der Waals surface area contributed by atoms with Crippen LogP contribution in [0, 0.1) is 0 Å². The minimum atomic E-state index is -0.193. The average Bonchev–Trinajstić information content (AvgIpc) is 3.36. The van der Waals surface area contributed by atoms with Crippen molar-refractivity contribution in [3.8, 4) is 0 Å². The first-order valence-corrected chi connectivity index (χ1v) is 7.57. The maximum atomic E-state index is 5.82. The number of hydrogen-bond acceptors (Lipinski definition) is 4. The van der Waals surface area contributed by atoms with Crippen molar-refractivity contribution in [3.63, 3.8) is 0 Å². The van der Waals surface area contributed by atoms with E-state index in [2.05, 4.69) is 15.3 Å². The van der Waals surface area contributed by atoms with E-state index in [1.807, 2.05) is 49.6 Å². The lowest BCUT2D eigenvalue weighted by Gasteiger charge is -2.16. The summed E-state index contributed by atoms with van der Waals surface area (Å²) in [6.07, 6.45) is 6.18. The first-order chi connectivity index (χ1) is 10.4. The van der Waals surface area contributed by atoms with Crippen LogP contribution < -0.4 is 5.32 Å².